The zero-order valence-corrected chi connectivity index (χ0v) is 16.2. The fourth-order valence-corrected chi connectivity index (χ4v) is 3.24. The van der Waals surface area contributed by atoms with E-state index in [4.69, 9.17) is 9.47 Å². The van der Waals surface area contributed by atoms with Crippen LogP contribution in [0.15, 0.2) is 36.5 Å². The van der Waals surface area contributed by atoms with Crippen molar-refractivity contribution in [2.24, 2.45) is 5.92 Å². The summed E-state index contributed by atoms with van der Waals surface area (Å²) in [6.07, 6.45) is 3.82. The molecule has 0 spiro atoms. The predicted molar refractivity (Wildman–Crippen MR) is 105 cm³/mol. The van der Waals surface area contributed by atoms with Crippen molar-refractivity contribution in [1.82, 2.24) is 9.88 Å². The standard InChI is InChI=1S/C21H27N3O3/c1-15-7-10-24(11-8-15)21(25)17-6-9-22-20(13-17)23-14-16-4-5-18(26-2)19(12-16)27-3/h4-6,9,12-13,15H,7-8,10-11,14H2,1-3H3,(H,22,23). The number of nitrogens with one attached hydrogen (secondary N) is 1. The maximum atomic E-state index is 12.7. The molecule has 1 aliphatic rings. The third-order valence-electron chi connectivity index (χ3n) is 5.00. The molecule has 0 bridgehead atoms. The number of amides is 1. The molecule has 0 aliphatic carbocycles. The fourth-order valence-electron chi connectivity index (χ4n) is 3.24. The normalized spacial score (nSPS) is 14.7. The van der Waals surface area contributed by atoms with Crippen LogP contribution in [0.4, 0.5) is 5.82 Å². The molecule has 1 aliphatic heterocycles. The number of methoxy groups -OCH3 is 2. The first-order valence-corrected chi connectivity index (χ1v) is 9.31. The van der Waals surface area contributed by atoms with Gasteiger partial charge in [0.15, 0.2) is 11.5 Å². The molecule has 1 fully saturated rings. The van der Waals surface area contributed by atoms with Gasteiger partial charge in [-0.3, -0.25) is 4.79 Å². The Kier molecular flexibility index (Phi) is 6.16. The first-order chi connectivity index (χ1) is 13.1. The van der Waals surface area contributed by atoms with Gasteiger partial charge in [-0.05, 0) is 48.6 Å². The molecule has 1 amide bonds. The number of likely N-dealkylation sites (tertiary alicyclic amines) is 1. The number of piperidine rings is 1. The van der Waals surface area contributed by atoms with Crippen LogP contribution in [-0.2, 0) is 6.54 Å². The van der Waals surface area contributed by atoms with Crippen molar-refractivity contribution in [3.63, 3.8) is 0 Å². The zero-order chi connectivity index (χ0) is 19.2. The fraction of sp³-hybridized carbons (Fsp3) is 0.429. The van der Waals surface area contributed by atoms with Gasteiger partial charge in [0, 0.05) is 31.4 Å². The van der Waals surface area contributed by atoms with Gasteiger partial charge < -0.3 is 19.7 Å². The van der Waals surface area contributed by atoms with Gasteiger partial charge >= 0.3 is 0 Å². The highest BCUT2D eigenvalue weighted by Gasteiger charge is 2.21. The number of hydrogen-bond donors (Lipinski definition) is 1. The van der Waals surface area contributed by atoms with Gasteiger partial charge in [-0.15, -0.1) is 0 Å². The molecule has 1 aromatic heterocycles. The molecule has 0 saturated carbocycles. The predicted octanol–water partition coefficient (Wildman–Crippen LogP) is 3.58. The van der Waals surface area contributed by atoms with Crippen molar-refractivity contribution in [2.75, 3.05) is 32.6 Å². The Morgan fingerprint density at radius 1 is 1.15 bits per heavy atom. The number of hydrogen-bond acceptors (Lipinski definition) is 5. The number of ether oxygens (including phenoxy) is 2. The van der Waals surface area contributed by atoms with Crippen LogP contribution in [0.1, 0.15) is 35.7 Å². The van der Waals surface area contributed by atoms with Crippen LogP contribution in [-0.4, -0.2) is 43.1 Å². The number of carbonyl (C=O) groups excluding carboxylic acids is 1. The highest BCUT2D eigenvalue weighted by atomic mass is 16.5. The molecule has 2 aromatic rings. The van der Waals surface area contributed by atoms with E-state index >= 15 is 0 Å². The first-order valence-electron chi connectivity index (χ1n) is 9.31. The Hall–Kier alpha value is -2.76. The average molecular weight is 369 g/mol. The Morgan fingerprint density at radius 2 is 1.89 bits per heavy atom. The van der Waals surface area contributed by atoms with Gasteiger partial charge in [-0.1, -0.05) is 13.0 Å². The van der Waals surface area contributed by atoms with Crippen molar-refractivity contribution >= 4 is 11.7 Å². The van der Waals surface area contributed by atoms with E-state index in [0.717, 1.165) is 31.5 Å². The Labute approximate surface area is 160 Å². The van der Waals surface area contributed by atoms with Crippen LogP contribution in [0.5, 0.6) is 11.5 Å². The molecule has 0 radical (unpaired) electrons. The van der Waals surface area contributed by atoms with E-state index in [1.807, 2.05) is 29.2 Å². The summed E-state index contributed by atoms with van der Waals surface area (Å²) in [6, 6.07) is 9.37. The van der Waals surface area contributed by atoms with Gasteiger partial charge in [0.25, 0.3) is 5.91 Å². The molecular weight excluding hydrogens is 342 g/mol. The lowest BCUT2D eigenvalue weighted by Crippen LogP contribution is -2.37. The summed E-state index contributed by atoms with van der Waals surface area (Å²) in [5.74, 6) is 2.85. The maximum absolute atomic E-state index is 12.7. The van der Waals surface area contributed by atoms with E-state index in [-0.39, 0.29) is 5.91 Å². The summed E-state index contributed by atoms with van der Waals surface area (Å²) in [5, 5.41) is 3.28. The van der Waals surface area contributed by atoms with Gasteiger partial charge in [0.1, 0.15) is 5.82 Å². The molecule has 27 heavy (non-hydrogen) atoms. The van der Waals surface area contributed by atoms with Crippen LogP contribution in [0, 0.1) is 5.92 Å². The van der Waals surface area contributed by atoms with E-state index in [1.54, 1.807) is 26.5 Å². The lowest BCUT2D eigenvalue weighted by molar-refractivity contribution is 0.0697. The zero-order valence-electron chi connectivity index (χ0n) is 16.2. The van der Waals surface area contributed by atoms with Gasteiger partial charge in [0.2, 0.25) is 0 Å². The molecule has 0 unspecified atom stereocenters. The highest BCUT2D eigenvalue weighted by Crippen LogP contribution is 2.27. The minimum absolute atomic E-state index is 0.0819. The summed E-state index contributed by atoms with van der Waals surface area (Å²) < 4.78 is 10.6. The van der Waals surface area contributed by atoms with E-state index in [2.05, 4.69) is 17.2 Å². The number of pyridine rings is 1. The Bertz CT molecular complexity index is 786. The van der Waals surface area contributed by atoms with Gasteiger partial charge in [0.05, 0.1) is 14.2 Å². The Balaban J connectivity index is 1.65. The first kappa shape index (κ1) is 19.0. The third kappa shape index (κ3) is 4.70. The van der Waals surface area contributed by atoms with Gasteiger partial charge in [-0.25, -0.2) is 4.98 Å². The minimum atomic E-state index is 0.0819. The molecular formula is C21H27N3O3. The summed E-state index contributed by atoms with van der Waals surface area (Å²) in [4.78, 5) is 19.0. The second-order valence-corrected chi connectivity index (χ2v) is 6.95. The van der Waals surface area contributed by atoms with Crippen molar-refractivity contribution in [2.45, 2.75) is 26.3 Å². The number of aromatic nitrogens is 1. The SMILES string of the molecule is COc1ccc(CNc2cc(C(=O)N3CCC(C)CC3)ccn2)cc1OC. The molecule has 1 saturated heterocycles. The van der Waals surface area contributed by atoms with Crippen LogP contribution in [0.3, 0.4) is 0 Å². The summed E-state index contributed by atoms with van der Waals surface area (Å²) >= 11 is 0. The lowest BCUT2D eigenvalue weighted by Gasteiger charge is -2.30. The highest BCUT2D eigenvalue weighted by molar-refractivity contribution is 5.94. The van der Waals surface area contributed by atoms with Crippen LogP contribution in [0.25, 0.3) is 0 Å². The molecule has 1 aromatic carbocycles. The topological polar surface area (TPSA) is 63.7 Å². The quantitative estimate of drug-likeness (QED) is 0.843. The summed E-state index contributed by atoms with van der Waals surface area (Å²) in [5.41, 5.74) is 1.71. The number of carbonyl (C=O) groups is 1. The molecule has 1 N–H and O–H groups in total. The van der Waals surface area contributed by atoms with Crippen LogP contribution >= 0.6 is 0 Å². The molecule has 144 valence electrons. The lowest BCUT2D eigenvalue weighted by atomic mass is 9.99. The summed E-state index contributed by atoms with van der Waals surface area (Å²) in [7, 11) is 3.23. The van der Waals surface area contributed by atoms with E-state index in [9.17, 15) is 4.79 Å². The molecule has 6 nitrogen and oxygen atoms in total. The number of anilines is 1. The van der Waals surface area contributed by atoms with Crippen molar-refractivity contribution in [3.05, 3.63) is 47.7 Å². The number of benzene rings is 1. The maximum Gasteiger partial charge on any atom is 0.254 e. The Morgan fingerprint density at radius 3 is 2.59 bits per heavy atom. The van der Waals surface area contributed by atoms with Crippen LogP contribution < -0.4 is 14.8 Å². The molecule has 6 heteroatoms. The third-order valence-corrected chi connectivity index (χ3v) is 5.00. The minimum Gasteiger partial charge on any atom is -0.493 e. The molecule has 0 atom stereocenters. The number of nitrogens with zero attached hydrogens (tertiary/aromatic N) is 2. The van der Waals surface area contributed by atoms with Crippen LogP contribution in [0.2, 0.25) is 0 Å². The van der Waals surface area contributed by atoms with E-state index in [1.165, 1.54) is 0 Å². The van der Waals surface area contributed by atoms with E-state index in [0.29, 0.717) is 35.3 Å². The van der Waals surface area contributed by atoms with Crippen molar-refractivity contribution < 1.29 is 14.3 Å². The van der Waals surface area contributed by atoms with Crippen molar-refractivity contribution in [1.29, 1.82) is 0 Å². The number of rotatable bonds is 6. The monoisotopic (exact) mass is 369 g/mol. The average Bonchev–Trinajstić information content (AvgIpc) is 2.72. The summed E-state index contributed by atoms with van der Waals surface area (Å²) in [6.45, 7) is 4.48. The second-order valence-electron chi connectivity index (χ2n) is 6.95. The molecule has 2 heterocycles. The van der Waals surface area contributed by atoms with Gasteiger partial charge in [-0.2, -0.15) is 0 Å². The van der Waals surface area contributed by atoms with E-state index < -0.39 is 0 Å². The smallest absolute Gasteiger partial charge is 0.254 e. The largest absolute Gasteiger partial charge is 0.493 e. The van der Waals surface area contributed by atoms with Crippen molar-refractivity contribution in [3.8, 4) is 11.5 Å². The second kappa shape index (κ2) is 8.75. The molecule has 3 rings (SSSR count).